The molecule has 3 N–H and O–H groups in total. The van der Waals surface area contributed by atoms with Crippen molar-refractivity contribution in [3.63, 3.8) is 0 Å². The quantitative estimate of drug-likeness (QED) is 0.432. The molecule has 4 aromatic rings. The molecular weight excluding hydrogens is 300 g/mol. The molecule has 3 aromatic carbocycles. The lowest BCUT2D eigenvalue weighted by Crippen LogP contribution is -2.16. The smallest absolute Gasteiger partial charge is 0.199 e. The van der Waals surface area contributed by atoms with Crippen molar-refractivity contribution in [2.45, 2.75) is 6.10 Å². The summed E-state index contributed by atoms with van der Waals surface area (Å²) in [6.07, 6.45) is -0.743. The lowest BCUT2D eigenvalue weighted by molar-refractivity contribution is 0.220. The minimum Gasteiger partial charge on any atom is -0.383 e. The van der Waals surface area contributed by atoms with Gasteiger partial charge in [0.25, 0.3) is 0 Å². The monoisotopic (exact) mass is 314 g/mol. The number of hydrogen-bond donors (Lipinski definition) is 3. The summed E-state index contributed by atoms with van der Waals surface area (Å²) in [6, 6.07) is 18.8. The van der Waals surface area contributed by atoms with Gasteiger partial charge in [-0.25, -0.2) is 0 Å². The number of rotatable bonds is 0. The van der Waals surface area contributed by atoms with Crippen LogP contribution in [0.2, 0.25) is 0 Å². The maximum Gasteiger partial charge on any atom is 0.199 e. The summed E-state index contributed by atoms with van der Waals surface area (Å²) in [7, 11) is 0. The topological polar surface area (TPSA) is 65.1 Å². The van der Waals surface area contributed by atoms with Crippen molar-refractivity contribution in [2.75, 3.05) is 5.32 Å². The molecule has 4 nitrogen and oxygen atoms in total. The number of para-hydroxylation sites is 2. The minimum atomic E-state index is -0.743. The number of aromatic amines is 1. The van der Waals surface area contributed by atoms with E-state index in [2.05, 4.69) is 10.3 Å². The number of benzene rings is 3. The Morgan fingerprint density at radius 2 is 1.62 bits per heavy atom. The Labute approximate surface area is 137 Å². The number of hydrogen-bond acceptors (Lipinski definition) is 3. The average Bonchev–Trinajstić information content (AvgIpc) is 2.62. The van der Waals surface area contributed by atoms with Crippen molar-refractivity contribution in [1.29, 1.82) is 0 Å². The Bertz CT molecular complexity index is 1180. The molecule has 0 saturated carbocycles. The predicted molar refractivity (Wildman–Crippen MR) is 95.9 cm³/mol. The molecule has 0 amide bonds. The van der Waals surface area contributed by atoms with Gasteiger partial charge in [-0.15, -0.1) is 0 Å². The number of aliphatic hydroxyl groups is 1. The number of fused-ring (bicyclic) bond motifs is 5. The number of H-pyrrole nitrogens is 1. The van der Waals surface area contributed by atoms with Crippen LogP contribution in [-0.4, -0.2) is 10.1 Å². The molecule has 1 unspecified atom stereocenters. The fourth-order valence-corrected chi connectivity index (χ4v) is 3.54. The van der Waals surface area contributed by atoms with Gasteiger partial charge in [0.2, 0.25) is 0 Å². The molecule has 1 aromatic heterocycles. The third-order valence-corrected chi connectivity index (χ3v) is 4.72. The van der Waals surface area contributed by atoms with E-state index in [1.54, 1.807) is 0 Å². The molecular formula is C20H14N2O2. The number of nitrogens with one attached hydrogen (secondary N) is 2. The first-order chi connectivity index (χ1) is 11.7. The molecule has 116 valence electrons. The van der Waals surface area contributed by atoms with E-state index in [-0.39, 0.29) is 5.43 Å². The fraction of sp³-hybridized carbons (Fsp3) is 0.0500. The highest BCUT2D eigenvalue weighted by atomic mass is 16.3. The van der Waals surface area contributed by atoms with Crippen LogP contribution in [0, 0.1) is 0 Å². The molecule has 1 atom stereocenters. The van der Waals surface area contributed by atoms with Crippen molar-refractivity contribution >= 4 is 33.2 Å². The summed E-state index contributed by atoms with van der Waals surface area (Å²) >= 11 is 0. The summed E-state index contributed by atoms with van der Waals surface area (Å²) in [5.74, 6) is 0. The van der Waals surface area contributed by atoms with E-state index in [0.29, 0.717) is 16.5 Å². The van der Waals surface area contributed by atoms with Gasteiger partial charge in [-0.2, -0.15) is 0 Å². The second-order valence-electron chi connectivity index (χ2n) is 6.07. The van der Waals surface area contributed by atoms with Crippen LogP contribution < -0.4 is 10.7 Å². The summed E-state index contributed by atoms with van der Waals surface area (Å²) in [5.41, 5.74) is 4.60. The van der Waals surface area contributed by atoms with E-state index < -0.39 is 6.10 Å². The average molecular weight is 314 g/mol. The maximum atomic E-state index is 13.0. The number of aliphatic hydroxyl groups excluding tert-OH is 1. The van der Waals surface area contributed by atoms with E-state index in [4.69, 9.17) is 0 Å². The number of pyridine rings is 1. The van der Waals surface area contributed by atoms with Gasteiger partial charge in [0.1, 0.15) is 6.10 Å². The van der Waals surface area contributed by atoms with Crippen LogP contribution in [0.5, 0.6) is 0 Å². The Morgan fingerprint density at radius 3 is 2.54 bits per heavy atom. The first-order valence-corrected chi connectivity index (χ1v) is 7.86. The molecule has 24 heavy (non-hydrogen) atoms. The highest BCUT2D eigenvalue weighted by molar-refractivity contribution is 6.02. The lowest BCUT2D eigenvalue weighted by atomic mass is 9.92. The van der Waals surface area contributed by atoms with Crippen molar-refractivity contribution < 1.29 is 5.11 Å². The Balaban J connectivity index is 1.90. The maximum absolute atomic E-state index is 13.0. The van der Waals surface area contributed by atoms with E-state index in [0.717, 1.165) is 27.8 Å². The molecule has 0 bridgehead atoms. The zero-order valence-electron chi connectivity index (χ0n) is 12.7. The molecule has 1 aliphatic heterocycles. The minimum absolute atomic E-state index is 0.0321. The summed E-state index contributed by atoms with van der Waals surface area (Å²) in [4.78, 5) is 16.4. The Kier molecular flexibility index (Phi) is 2.61. The zero-order chi connectivity index (χ0) is 16.3. The van der Waals surface area contributed by atoms with E-state index in [9.17, 15) is 9.90 Å². The lowest BCUT2D eigenvalue weighted by Gasteiger charge is -2.27. The van der Waals surface area contributed by atoms with Crippen LogP contribution in [0.3, 0.4) is 0 Å². The molecule has 0 spiro atoms. The van der Waals surface area contributed by atoms with Gasteiger partial charge in [-0.3, -0.25) is 4.79 Å². The number of anilines is 2. The molecule has 0 radical (unpaired) electrons. The van der Waals surface area contributed by atoms with Crippen LogP contribution in [0.25, 0.3) is 21.8 Å². The molecule has 5 rings (SSSR count). The third-order valence-electron chi connectivity index (χ3n) is 4.72. The molecule has 2 heterocycles. The van der Waals surface area contributed by atoms with E-state index >= 15 is 0 Å². The van der Waals surface area contributed by atoms with Crippen molar-refractivity contribution in [3.05, 3.63) is 82.0 Å². The van der Waals surface area contributed by atoms with Gasteiger partial charge in [0.05, 0.1) is 16.6 Å². The van der Waals surface area contributed by atoms with Crippen molar-refractivity contribution in [3.8, 4) is 0 Å². The second-order valence-corrected chi connectivity index (χ2v) is 6.07. The van der Waals surface area contributed by atoms with Gasteiger partial charge in [0, 0.05) is 27.7 Å². The van der Waals surface area contributed by atoms with Gasteiger partial charge in [0.15, 0.2) is 5.43 Å². The van der Waals surface area contributed by atoms with E-state index in [1.807, 2.05) is 60.7 Å². The normalized spacial score (nSPS) is 15.8. The SMILES string of the molecule is O=c1c2ccccc2[nH]c2ccc3c(c12)Nc1ccccc1C3O. The molecule has 0 fully saturated rings. The van der Waals surface area contributed by atoms with Crippen LogP contribution in [0.4, 0.5) is 11.4 Å². The van der Waals surface area contributed by atoms with Crippen LogP contribution >= 0.6 is 0 Å². The van der Waals surface area contributed by atoms with Gasteiger partial charge >= 0.3 is 0 Å². The standard InChI is InChI=1S/C20H14N2O2/c23-19-11-5-1-4-8-15(11)22-18-13(19)9-10-16-17(18)20(24)12-6-2-3-7-14(12)21-16/h1-10,19,22-23H,(H,21,24). The summed E-state index contributed by atoms with van der Waals surface area (Å²) in [5, 5.41) is 15.3. The molecule has 0 aliphatic carbocycles. The van der Waals surface area contributed by atoms with Gasteiger partial charge in [-0.05, 0) is 24.3 Å². The second kappa shape index (κ2) is 4.69. The highest BCUT2D eigenvalue weighted by Gasteiger charge is 2.26. The molecule has 4 heteroatoms. The van der Waals surface area contributed by atoms with Crippen LogP contribution in [0.15, 0.2) is 65.5 Å². The first kappa shape index (κ1) is 13.3. The Morgan fingerprint density at radius 1 is 0.833 bits per heavy atom. The van der Waals surface area contributed by atoms with Crippen molar-refractivity contribution in [2.24, 2.45) is 0 Å². The van der Waals surface area contributed by atoms with Crippen LogP contribution in [0.1, 0.15) is 17.2 Å². The zero-order valence-corrected chi connectivity index (χ0v) is 12.7. The third kappa shape index (κ3) is 1.69. The molecule has 0 saturated heterocycles. The van der Waals surface area contributed by atoms with Gasteiger partial charge in [-0.1, -0.05) is 36.4 Å². The summed E-state index contributed by atoms with van der Waals surface area (Å²) < 4.78 is 0. The first-order valence-electron chi connectivity index (χ1n) is 7.86. The predicted octanol–water partition coefficient (Wildman–Crippen LogP) is 3.82. The van der Waals surface area contributed by atoms with Crippen LogP contribution in [-0.2, 0) is 0 Å². The summed E-state index contributed by atoms with van der Waals surface area (Å²) in [6.45, 7) is 0. The largest absolute Gasteiger partial charge is 0.383 e. The number of aromatic nitrogens is 1. The Hall–Kier alpha value is -3.11. The molecule has 1 aliphatic rings. The van der Waals surface area contributed by atoms with Crippen molar-refractivity contribution in [1.82, 2.24) is 4.98 Å². The van der Waals surface area contributed by atoms with Gasteiger partial charge < -0.3 is 15.4 Å². The fourth-order valence-electron chi connectivity index (χ4n) is 3.54. The van der Waals surface area contributed by atoms with E-state index in [1.165, 1.54) is 0 Å². The highest BCUT2D eigenvalue weighted by Crippen LogP contribution is 2.42.